The Kier molecular flexibility index (Phi) is 3.91. The number of ether oxygens (including phenoxy) is 1. The second-order valence-electron chi connectivity index (χ2n) is 4.69. The van der Waals surface area contributed by atoms with E-state index in [4.69, 9.17) is 4.74 Å². The Morgan fingerprint density at radius 2 is 1.94 bits per heavy atom. The number of hydrogen-bond donors (Lipinski definition) is 2. The summed E-state index contributed by atoms with van der Waals surface area (Å²) in [4.78, 5) is 23.3. The molecule has 0 bridgehead atoms. The van der Waals surface area contributed by atoms with E-state index in [2.05, 4.69) is 10.6 Å². The van der Waals surface area contributed by atoms with Crippen molar-refractivity contribution in [2.45, 2.75) is 51.3 Å². The zero-order valence-corrected chi connectivity index (χ0v) is 10.3. The number of methoxy groups -OCH3 is 1. The number of amides is 2. The largest absolute Gasteiger partial charge is 0.369 e. The Morgan fingerprint density at radius 3 is 2.38 bits per heavy atom. The van der Waals surface area contributed by atoms with E-state index in [-0.39, 0.29) is 11.8 Å². The lowest BCUT2D eigenvalue weighted by Gasteiger charge is -2.24. The Bertz CT molecular complexity index is 285. The molecule has 0 saturated heterocycles. The monoisotopic (exact) mass is 228 g/mol. The molecule has 16 heavy (non-hydrogen) atoms. The van der Waals surface area contributed by atoms with Crippen molar-refractivity contribution in [3.05, 3.63) is 0 Å². The van der Waals surface area contributed by atoms with Crippen LogP contribution in [0.4, 0.5) is 0 Å². The van der Waals surface area contributed by atoms with E-state index < -0.39 is 11.6 Å². The van der Waals surface area contributed by atoms with Crippen molar-refractivity contribution in [1.29, 1.82) is 0 Å². The van der Waals surface area contributed by atoms with Crippen molar-refractivity contribution in [3.8, 4) is 0 Å². The van der Waals surface area contributed by atoms with Crippen molar-refractivity contribution in [1.82, 2.24) is 10.6 Å². The van der Waals surface area contributed by atoms with Crippen LogP contribution in [0.1, 0.15) is 33.6 Å². The minimum absolute atomic E-state index is 0.136. The van der Waals surface area contributed by atoms with Crippen LogP contribution >= 0.6 is 0 Å². The third-order valence-electron chi connectivity index (χ3n) is 2.72. The van der Waals surface area contributed by atoms with Crippen molar-refractivity contribution >= 4 is 11.8 Å². The molecule has 1 rings (SSSR count). The fourth-order valence-corrected chi connectivity index (χ4v) is 1.08. The quantitative estimate of drug-likeness (QED) is 0.706. The molecule has 1 aliphatic rings. The minimum Gasteiger partial charge on any atom is -0.369 e. The van der Waals surface area contributed by atoms with Crippen LogP contribution in [-0.4, -0.2) is 36.6 Å². The highest BCUT2D eigenvalue weighted by Crippen LogP contribution is 2.18. The fourth-order valence-electron chi connectivity index (χ4n) is 1.08. The molecular formula is C11H20N2O3. The van der Waals surface area contributed by atoms with Gasteiger partial charge in [0.05, 0.1) is 0 Å². The van der Waals surface area contributed by atoms with Crippen LogP contribution in [0.25, 0.3) is 0 Å². The molecule has 1 aliphatic carbocycles. The predicted octanol–water partition coefficient (Wildman–Crippen LogP) is 0.195. The average Bonchev–Trinajstić information content (AvgIpc) is 3.01. The molecule has 1 fully saturated rings. The molecule has 2 amide bonds. The van der Waals surface area contributed by atoms with E-state index in [9.17, 15) is 9.59 Å². The van der Waals surface area contributed by atoms with Crippen LogP contribution < -0.4 is 10.6 Å². The second kappa shape index (κ2) is 4.82. The average molecular weight is 228 g/mol. The van der Waals surface area contributed by atoms with Gasteiger partial charge < -0.3 is 15.4 Å². The van der Waals surface area contributed by atoms with Gasteiger partial charge in [-0.2, -0.15) is 0 Å². The van der Waals surface area contributed by atoms with E-state index in [0.717, 1.165) is 12.8 Å². The maximum Gasteiger partial charge on any atom is 0.252 e. The Morgan fingerprint density at radius 1 is 1.38 bits per heavy atom. The summed E-state index contributed by atoms with van der Waals surface area (Å²) in [5, 5.41) is 5.46. The lowest BCUT2D eigenvalue weighted by atomic mass is 10.1. The molecule has 0 radical (unpaired) electrons. The molecule has 92 valence electrons. The van der Waals surface area contributed by atoms with Crippen LogP contribution in [0.3, 0.4) is 0 Å². The summed E-state index contributed by atoms with van der Waals surface area (Å²) in [7, 11) is 1.47. The van der Waals surface area contributed by atoms with Crippen molar-refractivity contribution in [2.75, 3.05) is 7.11 Å². The van der Waals surface area contributed by atoms with Crippen LogP contribution in [0.5, 0.6) is 0 Å². The van der Waals surface area contributed by atoms with E-state index in [1.54, 1.807) is 20.8 Å². The first kappa shape index (κ1) is 13.0. The summed E-state index contributed by atoms with van der Waals surface area (Å²) in [6.07, 6.45) is 2.08. The van der Waals surface area contributed by atoms with Gasteiger partial charge in [-0.1, -0.05) is 0 Å². The zero-order chi connectivity index (χ0) is 12.3. The number of carbonyl (C=O) groups excluding carboxylic acids is 2. The summed E-state index contributed by atoms with van der Waals surface area (Å²) < 4.78 is 5.03. The first-order valence-corrected chi connectivity index (χ1v) is 5.53. The number of nitrogens with one attached hydrogen (secondary N) is 2. The number of hydrogen-bond acceptors (Lipinski definition) is 3. The van der Waals surface area contributed by atoms with Gasteiger partial charge in [0, 0.05) is 13.2 Å². The molecule has 5 nitrogen and oxygen atoms in total. The maximum atomic E-state index is 11.7. The summed E-state index contributed by atoms with van der Waals surface area (Å²) in [6.45, 7) is 4.99. The molecular weight excluding hydrogens is 208 g/mol. The smallest absolute Gasteiger partial charge is 0.252 e. The highest BCUT2D eigenvalue weighted by Gasteiger charge is 2.31. The van der Waals surface area contributed by atoms with E-state index in [1.807, 2.05) is 0 Å². The molecule has 0 aromatic carbocycles. The topological polar surface area (TPSA) is 67.4 Å². The van der Waals surface area contributed by atoms with Crippen molar-refractivity contribution < 1.29 is 14.3 Å². The summed E-state index contributed by atoms with van der Waals surface area (Å²) in [5.74, 6) is -0.420. The molecule has 0 spiro atoms. The lowest BCUT2D eigenvalue weighted by molar-refractivity contribution is -0.142. The van der Waals surface area contributed by atoms with Gasteiger partial charge in [-0.3, -0.25) is 9.59 Å². The van der Waals surface area contributed by atoms with Crippen LogP contribution in [0.15, 0.2) is 0 Å². The van der Waals surface area contributed by atoms with Crippen LogP contribution in [0.2, 0.25) is 0 Å². The minimum atomic E-state index is -0.909. The fraction of sp³-hybridized carbons (Fsp3) is 0.818. The second-order valence-corrected chi connectivity index (χ2v) is 4.69. The first-order chi connectivity index (χ1) is 7.36. The molecule has 1 saturated carbocycles. The van der Waals surface area contributed by atoms with Gasteiger partial charge in [0.15, 0.2) is 0 Å². The highest BCUT2D eigenvalue weighted by atomic mass is 16.5. The Balaban J connectivity index is 2.40. The normalized spacial score (nSPS) is 17.8. The van der Waals surface area contributed by atoms with Gasteiger partial charge in [0.1, 0.15) is 11.6 Å². The van der Waals surface area contributed by atoms with E-state index >= 15 is 0 Å². The van der Waals surface area contributed by atoms with Crippen molar-refractivity contribution in [2.24, 2.45) is 0 Å². The van der Waals surface area contributed by atoms with Crippen LogP contribution in [0, 0.1) is 0 Å². The third-order valence-corrected chi connectivity index (χ3v) is 2.72. The predicted molar refractivity (Wildman–Crippen MR) is 59.9 cm³/mol. The standard InChI is InChI=1S/C11H20N2O3/c1-7(9(14)13-8-5-6-8)12-10(15)11(2,3)16-4/h7-8H,5-6H2,1-4H3,(H,12,15)(H,13,14). The third kappa shape index (κ3) is 3.48. The van der Waals surface area contributed by atoms with Crippen LogP contribution in [-0.2, 0) is 14.3 Å². The SMILES string of the molecule is COC(C)(C)C(=O)NC(C)C(=O)NC1CC1. The van der Waals surface area contributed by atoms with Gasteiger partial charge in [-0.15, -0.1) is 0 Å². The first-order valence-electron chi connectivity index (χ1n) is 5.53. The van der Waals surface area contributed by atoms with Crippen molar-refractivity contribution in [3.63, 3.8) is 0 Å². The molecule has 0 aromatic heterocycles. The molecule has 5 heteroatoms. The zero-order valence-electron chi connectivity index (χ0n) is 10.3. The molecule has 1 unspecified atom stereocenters. The lowest BCUT2D eigenvalue weighted by Crippen LogP contribution is -2.52. The van der Waals surface area contributed by atoms with Gasteiger partial charge in [-0.05, 0) is 33.6 Å². The summed E-state index contributed by atoms with van der Waals surface area (Å²) >= 11 is 0. The van der Waals surface area contributed by atoms with Gasteiger partial charge in [-0.25, -0.2) is 0 Å². The highest BCUT2D eigenvalue weighted by molar-refractivity contribution is 5.90. The Labute approximate surface area is 95.9 Å². The van der Waals surface area contributed by atoms with E-state index in [1.165, 1.54) is 7.11 Å². The number of carbonyl (C=O) groups is 2. The Hall–Kier alpha value is -1.10. The summed E-state index contributed by atoms with van der Waals surface area (Å²) in [5.41, 5.74) is -0.909. The summed E-state index contributed by atoms with van der Waals surface area (Å²) in [6, 6.07) is -0.218. The van der Waals surface area contributed by atoms with E-state index in [0.29, 0.717) is 6.04 Å². The maximum absolute atomic E-state index is 11.7. The molecule has 0 heterocycles. The molecule has 2 N–H and O–H groups in total. The molecule has 1 atom stereocenters. The van der Waals surface area contributed by atoms with Gasteiger partial charge >= 0.3 is 0 Å². The number of rotatable bonds is 5. The molecule has 0 aliphatic heterocycles. The van der Waals surface area contributed by atoms with Gasteiger partial charge in [0.2, 0.25) is 5.91 Å². The molecule has 0 aromatic rings. The van der Waals surface area contributed by atoms with Gasteiger partial charge in [0.25, 0.3) is 5.91 Å².